The molecule has 0 aliphatic carbocycles. The number of rotatable bonds is 4. The largest absolute Gasteiger partial charge is 0.493 e. The molecule has 0 unspecified atom stereocenters. The lowest BCUT2D eigenvalue weighted by Crippen LogP contribution is -1.99. The van der Waals surface area contributed by atoms with Gasteiger partial charge in [0.2, 0.25) is 0 Å². The number of ether oxygens (including phenoxy) is 2. The van der Waals surface area contributed by atoms with Crippen LogP contribution in [0.5, 0.6) is 11.5 Å². The summed E-state index contributed by atoms with van der Waals surface area (Å²) in [5, 5.41) is 8.81. The van der Waals surface area contributed by atoms with Crippen LogP contribution in [0.1, 0.15) is 11.1 Å². The first-order valence-corrected chi connectivity index (χ1v) is 6.58. The van der Waals surface area contributed by atoms with Gasteiger partial charge in [-0.2, -0.15) is 5.26 Å². The van der Waals surface area contributed by atoms with E-state index in [4.69, 9.17) is 14.7 Å². The van der Waals surface area contributed by atoms with E-state index in [0.29, 0.717) is 17.1 Å². The first kappa shape index (κ1) is 14.4. The maximum atomic E-state index is 13.3. The Morgan fingerprint density at radius 1 is 1.30 bits per heavy atom. The number of halogens is 2. The number of nitriles is 1. The van der Waals surface area contributed by atoms with Gasteiger partial charge in [0.05, 0.1) is 23.2 Å². The molecule has 0 aromatic heterocycles. The summed E-state index contributed by atoms with van der Waals surface area (Å²) >= 11 is 3.37. The predicted octanol–water partition coefficient (Wildman–Crippen LogP) is 4.05. The van der Waals surface area contributed by atoms with Gasteiger partial charge in [-0.05, 0) is 51.8 Å². The molecule has 0 radical (unpaired) electrons. The molecule has 0 atom stereocenters. The fourth-order valence-corrected chi connectivity index (χ4v) is 2.21. The quantitative estimate of drug-likeness (QED) is 0.846. The molecular weight excluding hydrogens is 325 g/mol. The molecular formula is C15H11BrFNO2. The molecule has 5 heteroatoms. The zero-order chi connectivity index (χ0) is 14.5. The third kappa shape index (κ3) is 3.28. The number of benzene rings is 2. The standard InChI is InChI=1S/C15H11BrFNO2/c1-19-14-4-2-3-13(16)15(14)20-9-11-5-10(8-18)6-12(17)7-11/h2-7H,9H2,1H3. The maximum absolute atomic E-state index is 13.3. The second-order valence-electron chi connectivity index (χ2n) is 4.02. The topological polar surface area (TPSA) is 42.2 Å². The molecule has 0 bridgehead atoms. The molecule has 3 nitrogen and oxygen atoms in total. The molecule has 2 rings (SSSR count). The van der Waals surface area contributed by atoms with Crippen molar-refractivity contribution in [2.45, 2.75) is 6.61 Å². The van der Waals surface area contributed by atoms with Gasteiger partial charge in [0.25, 0.3) is 0 Å². The number of methoxy groups -OCH3 is 1. The molecule has 20 heavy (non-hydrogen) atoms. The summed E-state index contributed by atoms with van der Waals surface area (Å²) in [5.41, 5.74) is 0.849. The van der Waals surface area contributed by atoms with Gasteiger partial charge in [-0.3, -0.25) is 0 Å². The third-order valence-electron chi connectivity index (χ3n) is 2.62. The minimum Gasteiger partial charge on any atom is -0.493 e. The van der Waals surface area contributed by atoms with Crippen LogP contribution in [0.2, 0.25) is 0 Å². The van der Waals surface area contributed by atoms with Gasteiger partial charge in [-0.25, -0.2) is 4.39 Å². The Balaban J connectivity index is 2.21. The summed E-state index contributed by atoms with van der Waals surface area (Å²) in [5.74, 6) is 0.663. The second-order valence-corrected chi connectivity index (χ2v) is 4.87. The highest BCUT2D eigenvalue weighted by molar-refractivity contribution is 9.10. The van der Waals surface area contributed by atoms with Crippen molar-refractivity contribution in [2.24, 2.45) is 0 Å². The molecule has 0 fully saturated rings. The highest BCUT2D eigenvalue weighted by Gasteiger charge is 2.09. The van der Waals surface area contributed by atoms with Gasteiger partial charge in [-0.1, -0.05) is 6.07 Å². The van der Waals surface area contributed by atoms with Crippen molar-refractivity contribution in [3.8, 4) is 17.6 Å². The maximum Gasteiger partial charge on any atom is 0.175 e. The molecule has 0 saturated carbocycles. The van der Waals surface area contributed by atoms with Gasteiger partial charge in [0, 0.05) is 0 Å². The molecule has 2 aromatic carbocycles. The highest BCUT2D eigenvalue weighted by Crippen LogP contribution is 2.35. The Kier molecular flexibility index (Phi) is 4.59. The van der Waals surface area contributed by atoms with Crippen LogP contribution in [-0.4, -0.2) is 7.11 Å². The number of para-hydroxylation sites is 1. The van der Waals surface area contributed by atoms with Crippen LogP contribution in [0, 0.1) is 17.1 Å². The molecule has 0 saturated heterocycles. The molecule has 2 aromatic rings. The van der Waals surface area contributed by atoms with Gasteiger partial charge in [0.1, 0.15) is 12.4 Å². The van der Waals surface area contributed by atoms with Crippen molar-refractivity contribution in [1.29, 1.82) is 5.26 Å². The molecule has 0 spiro atoms. The van der Waals surface area contributed by atoms with Crippen LogP contribution in [0.15, 0.2) is 40.9 Å². The molecule has 0 heterocycles. The van der Waals surface area contributed by atoms with E-state index < -0.39 is 5.82 Å². The summed E-state index contributed by atoms with van der Waals surface area (Å²) in [6, 6.07) is 11.4. The zero-order valence-corrected chi connectivity index (χ0v) is 12.3. The lowest BCUT2D eigenvalue weighted by Gasteiger charge is -2.12. The van der Waals surface area contributed by atoms with E-state index in [9.17, 15) is 4.39 Å². The van der Waals surface area contributed by atoms with E-state index in [-0.39, 0.29) is 12.2 Å². The van der Waals surface area contributed by atoms with E-state index in [1.54, 1.807) is 19.2 Å². The van der Waals surface area contributed by atoms with Crippen molar-refractivity contribution in [3.63, 3.8) is 0 Å². The highest BCUT2D eigenvalue weighted by atomic mass is 79.9. The normalized spacial score (nSPS) is 9.90. The Morgan fingerprint density at radius 3 is 2.80 bits per heavy atom. The molecule has 0 N–H and O–H groups in total. The van der Waals surface area contributed by atoms with Crippen LogP contribution in [-0.2, 0) is 6.61 Å². The van der Waals surface area contributed by atoms with Crippen LogP contribution in [0.4, 0.5) is 4.39 Å². The summed E-state index contributed by atoms with van der Waals surface area (Å²) in [4.78, 5) is 0. The predicted molar refractivity (Wildman–Crippen MR) is 76.1 cm³/mol. The van der Waals surface area contributed by atoms with Crippen molar-refractivity contribution >= 4 is 15.9 Å². The minimum atomic E-state index is -0.457. The van der Waals surface area contributed by atoms with Gasteiger partial charge in [0.15, 0.2) is 11.5 Å². The second kappa shape index (κ2) is 6.40. The molecule has 0 aliphatic heterocycles. The first-order valence-electron chi connectivity index (χ1n) is 5.79. The fraction of sp³-hybridized carbons (Fsp3) is 0.133. The van der Waals surface area contributed by atoms with Crippen molar-refractivity contribution in [1.82, 2.24) is 0 Å². The Labute approximate surface area is 124 Å². The van der Waals surface area contributed by atoms with E-state index in [1.807, 2.05) is 18.2 Å². The lowest BCUT2D eigenvalue weighted by atomic mass is 10.1. The summed E-state index contributed by atoms with van der Waals surface area (Å²) in [6.45, 7) is 0.144. The van der Waals surface area contributed by atoms with Gasteiger partial charge < -0.3 is 9.47 Å². The monoisotopic (exact) mass is 335 g/mol. The fourth-order valence-electron chi connectivity index (χ4n) is 1.74. The van der Waals surface area contributed by atoms with Crippen LogP contribution in [0.25, 0.3) is 0 Å². The van der Waals surface area contributed by atoms with E-state index in [1.165, 1.54) is 12.1 Å². The summed E-state index contributed by atoms with van der Waals surface area (Å²) in [7, 11) is 1.55. The lowest BCUT2D eigenvalue weighted by molar-refractivity contribution is 0.282. The third-order valence-corrected chi connectivity index (χ3v) is 3.25. The van der Waals surface area contributed by atoms with Crippen LogP contribution in [0.3, 0.4) is 0 Å². The Morgan fingerprint density at radius 2 is 2.10 bits per heavy atom. The number of nitrogens with zero attached hydrogens (tertiary/aromatic N) is 1. The molecule has 0 aliphatic rings. The summed E-state index contributed by atoms with van der Waals surface area (Å²) < 4.78 is 24.9. The number of hydrogen-bond acceptors (Lipinski definition) is 3. The summed E-state index contributed by atoms with van der Waals surface area (Å²) in [6.07, 6.45) is 0. The zero-order valence-electron chi connectivity index (χ0n) is 10.7. The SMILES string of the molecule is COc1cccc(Br)c1OCc1cc(F)cc(C#N)c1. The Hall–Kier alpha value is -2.06. The van der Waals surface area contributed by atoms with Crippen LogP contribution >= 0.6 is 15.9 Å². The first-order chi connectivity index (χ1) is 9.63. The minimum absolute atomic E-state index is 0.144. The molecule has 0 amide bonds. The van der Waals surface area contributed by atoms with Gasteiger partial charge in [-0.15, -0.1) is 0 Å². The van der Waals surface area contributed by atoms with E-state index >= 15 is 0 Å². The smallest absolute Gasteiger partial charge is 0.175 e. The van der Waals surface area contributed by atoms with E-state index in [2.05, 4.69) is 15.9 Å². The molecule has 102 valence electrons. The van der Waals surface area contributed by atoms with Crippen molar-refractivity contribution in [2.75, 3.05) is 7.11 Å². The number of hydrogen-bond donors (Lipinski definition) is 0. The van der Waals surface area contributed by atoms with Gasteiger partial charge >= 0.3 is 0 Å². The Bertz CT molecular complexity index is 667. The average molecular weight is 336 g/mol. The van der Waals surface area contributed by atoms with E-state index in [0.717, 1.165) is 4.47 Å². The van der Waals surface area contributed by atoms with Crippen molar-refractivity contribution < 1.29 is 13.9 Å². The van der Waals surface area contributed by atoms with Crippen LogP contribution < -0.4 is 9.47 Å². The van der Waals surface area contributed by atoms with Crippen molar-refractivity contribution in [3.05, 3.63) is 57.8 Å². The average Bonchev–Trinajstić information content (AvgIpc) is 2.45.